The number of amides is 2. The van der Waals surface area contributed by atoms with Gasteiger partial charge in [-0.1, -0.05) is 19.3 Å². The second-order valence-corrected chi connectivity index (χ2v) is 18.1. The maximum Gasteiger partial charge on any atom is 0.490 e. The molecule has 0 aliphatic carbocycles. The number of carbonyl (C=O) groups is 2. The van der Waals surface area contributed by atoms with Gasteiger partial charge >= 0.3 is 35.5 Å². The zero-order valence-corrected chi connectivity index (χ0v) is 32.1. The second-order valence-electron chi connectivity index (χ2n) is 12.4. The summed E-state index contributed by atoms with van der Waals surface area (Å²) in [7, 11) is -16.7. The minimum absolute atomic E-state index is 0.0640. The highest BCUT2D eigenvalue weighted by Crippen LogP contribution is 2.66. The van der Waals surface area contributed by atoms with Crippen LogP contribution >= 0.6 is 35.2 Å². The Balaban J connectivity index is 0.000000336. The van der Waals surface area contributed by atoms with Crippen molar-refractivity contribution in [2.24, 2.45) is 5.73 Å². The lowest BCUT2D eigenvalue weighted by atomic mass is 10.0. The minimum atomic E-state index is -5.72. The number of fused-ring (bicyclic) bond motifs is 2. The molecule has 3 fully saturated rings. The molecular formula is C26H45N8O16P3S. The molecule has 2 aromatic heterocycles. The number of carboxylic acids is 1. The van der Waals surface area contributed by atoms with Crippen LogP contribution in [0.1, 0.15) is 57.6 Å². The summed E-state index contributed by atoms with van der Waals surface area (Å²) in [4.78, 5) is 70.0. The number of aliphatic hydroxyl groups is 2. The van der Waals surface area contributed by atoms with E-state index in [1.54, 1.807) is 0 Å². The van der Waals surface area contributed by atoms with Crippen LogP contribution in [0.4, 0.5) is 10.6 Å². The molecule has 2 amide bonds. The van der Waals surface area contributed by atoms with Gasteiger partial charge in [0.05, 0.1) is 25.0 Å². The first kappa shape index (κ1) is 44.4. The molecule has 54 heavy (non-hydrogen) atoms. The number of nitrogens with two attached hydrogens (primary N) is 1. The van der Waals surface area contributed by atoms with Crippen molar-refractivity contribution in [2.75, 3.05) is 30.8 Å². The Morgan fingerprint density at radius 1 is 1.00 bits per heavy atom. The number of thioether (sulfide) groups is 1. The Bertz CT molecular complexity index is 1720. The second kappa shape index (κ2) is 19.7. The highest BCUT2D eigenvalue weighted by atomic mass is 32.2. The van der Waals surface area contributed by atoms with Crippen molar-refractivity contribution in [3.05, 3.63) is 12.7 Å². The Kier molecular flexibility index (Phi) is 16.2. The van der Waals surface area contributed by atoms with Crippen LogP contribution in [0.5, 0.6) is 0 Å². The van der Waals surface area contributed by atoms with Crippen molar-refractivity contribution in [1.82, 2.24) is 30.2 Å². The van der Waals surface area contributed by atoms with Gasteiger partial charge in [0, 0.05) is 24.0 Å². The number of aromatic nitrogens is 4. The fourth-order valence-corrected chi connectivity index (χ4v) is 10.4. The van der Waals surface area contributed by atoms with Crippen LogP contribution in [-0.2, 0) is 36.4 Å². The maximum atomic E-state index is 11.9. The topological polar surface area (TPSA) is 370 Å². The van der Waals surface area contributed by atoms with E-state index in [-0.39, 0.29) is 30.2 Å². The van der Waals surface area contributed by atoms with Gasteiger partial charge in [-0.25, -0.2) is 33.4 Å². The van der Waals surface area contributed by atoms with Crippen LogP contribution in [-0.4, -0.2) is 128 Å². The van der Waals surface area contributed by atoms with Crippen LogP contribution in [0.2, 0.25) is 0 Å². The standard InChI is InChI=1S/C16H29N6O13P3.C10H16N2O3S/c17-5-3-1-2-4-6-18-14-11-15(20-8-19-14)22(9-21-11)16-13(24)12(23)10(33-16)7-32-37(28,29)35-38(30,31)34-36(25,26)27;13-8(14)4-2-1-3-7-9-6(5-16-7)11-10(15)12-9/h8-10,12-13,16,23-24H,1-7,17H2,(H,28,29)(H,30,31)(H,18,19,20)(H2,25,26,27);6-7,9H,1-5H2,(H,13,14)(H2,11,12,15)/t10-,12-,13-,16-;6-,7-,9-/m10/s1. The minimum Gasteiger partial charge on any atom is -0.481 e. The molecule has 2 unspecified atom stereocenters. The highest BCUT2D eigenvalue weighted by Gasteiger charge is 2.47. The molecule has 24 nitrogen and oxygen atoms in total. The SMILES string of the molecule is NCCCCCCNc1ncnc2c1ncn2[C@@H]1O[C@H](COP(=O)(O)OP(=O)(O)OP(=O)(O)O)[C@@H](O)[C@H]1O.O=C(O)CCCC[C@@H]1SC[C@@H]2NC(=O)N[C@@H]21. The van der Waals surface area contributed by atoms with Crippen LogP contribution in [0.3, 0.4) is 0 Å². The van der Waals surface area contributed by atoms with Crippen molar-refractivity contribution in [3.8, 4) is 0 Å². The number of nitrogens with zero attached hydrogens (tertiary/aromatic N) is 4. The number of anilines is 1. The molecular weight excluding hydrogens is 805 g/mol. The molecule has 0 spiro atoms. The van der Waals surface area contributed by atoms with E-state index in [4.69, 9.17) is 25.4 Å². The van der Waals surface area contributed by atoms with E-state index in [0.29, 0.717) is 29.7 Å². The molecule has 306 valence electrons. The normalized spacial score (nSPS) is 27.3. The number of phosphoric acid groups is 3. The van der Waals surface area contributed by atoms with Gasteiger partial charge in [0.2, 0.25) is 0 Å². The summed E-state index contributed by atoms with van der Waals surface area (Å²) in [5.41, 5.74) is 6.09. The van der Waals surface area contributed by atoms with E-state index >= 15 is 0 Å². The molecule has 3 aliphatic rings. The Hall–Kier alpha value is -2.31. The average molecular weight is 851 g/mol. The van der Waals surface area contributed by atoms with Crippen LogP contribution in [0.15, 0.2) is 12.7 Å². The van der Waals surface area contributed by atoms with Gasteiger partial charge in [-0.15, -0.1) is 0 Å². The number of unbranched alkanes of at least 4 members (excludes halogenated alkanes) is 4. The molecule has 0 aromatic carbocycles. The van der Waals surface area contributed by atoms with Gasteiger partial charge < -0.3 is 61.3 Å². The molecule has 5 heterocycles. The molecule has 9 atom stereocenters. The molecule has 0 saturated carbocycles. The van der Waals surface area contributed by atoms with Crippen LogP contribution in [0, 0.1) is 0 Å². The number of carbonyl (C=O) groups excluding carboxylic acids is 1. The Morgan fingerprint density at radius 2 is 1.74 bits per heavy atom. The van der Waals surface area contributed by atoms with E-state index in [9.17, 15) is 43.3 Å². The van der Waals surface area contributed by atoms with E-state index in [1.165, 1.54) is 17.2 Å². The van der Waals surface area contributed by atoms with Gasteiger partial charge in [0.15, 0.2) is 23.2 Å². The van der Waals surface area contributed by atoms with Crippen molar-refractivity contribution in [1.29, 1.82) is 0 Å². The summed E-state index contributed by atoms with van der Waals surface area (Å²) in [5.74, 6) is 0.671. The number of carboxylic acid groups (broad SMARTS) is 1. The predicted octanol–water partition coefficient (Wildman–Crippen LogP) is 0.517. The number of aliphatic hydroxyl groups excluding tert-OH is 2. The molecule has 3 aliphatic heterocycles. The third-order valence-electron chi connectivity index (χ3n) is 8.28. The lowest BCUT2D eigenvalue weighted by Crippen LogP contribution is -2.36. The van der Waals surface area contributed by atoms with Crippen molar-refractivity contribution in [3.63, 3.8) is 0 Å². The van der Waals surface area contributed by atoms with E-state index in [1.807, 2.05) is 11.8 Å². The number of ether oxygens (including phenoxy) is 1. The third kappa shape index (κ3) is 13.1. The first-order valence-electron chi connectivity index (χ1n) is 16.7. The number of aliphatic carboxylic acids is 1. The lowest BCUT2D eigenvalue weighted by Gasteiger charge is -2.19. The number of hydrogen-bond acceptors (Lipinski definition) is 17. The monoisotopic (exact) mass is 850 g/mol. The summed E-state index contributed by atoms with van der Waals surface area (Å²) in [6.07, 6.45) is 3.26. The third-order valence-corrected chi connectivity index (χ3v) is 13.6. The first-order chi connectivity index (χ1) is 25.4. The predicted molar refractivity (Wildman–Crippen MR) is 189 cm³/mol. The molecule has 12 N–H and O–H groups in total. The Morgan fingerprint density at radius 3 is 2.44 bits per heavy atom. The number of nitrogens with one attached hydrogen (secondary N) is 3. The fourth-order valence-electron chi connectivity index (χ4n) is 5.83. The average Bonchev–Trinajstić information content (AvgIpc) is 3.82. The van der Waals surface area contributed by atoms with Crippen LogP contribution in [0.25, 0.3) is 11.2 Å². The quantitative estimate of drug-likeness (QED) is 0.0491. The van der Waals surface area contributed by atoms with Gasteiger partial charge in [0.25, 0.3) is 0 Å². The Labute approximate surface area is 312 Å². The summed E-state index contributed by atoms with van der Waals surface area (Å²) < 4.78 is 52.7. The lowest BCUT2D eigenvalue weighted by molar-refractivity contribution is -0.137. The zero-order chi connectivity index (χ0) is 39.7. The van der Waals surface area contributed by atoms with Crippen molar-refractivity contribution in [2.45, 2.75) is 93.2 Å². The van der Waals surface area contributed by atoms with Gasteiger partial charge in [0.1, 0.15) is 24.6 Å². The number of urea groups is 1. The largest absolute Gasteiger partial charge is 0.490 e. The molecule has 0 radical (unpaired) electrons. The number of hydrogen-bond donors (Lipinski definition) is 11. The highest BCUT2D eigenvalue weighted by molar-refractivity contribution is 8.00. The van der Waals surface area contributed by atoms with E-state index in [2.05, 4.69) is 44.0 Å². The number of imidazole rings is 1. The molecule has 3 saturated heterocycles. The molecule has 28 heteroatoms. The van der Waals surface area contributed by atoms with Crippen LogP contribution < -0.4 is 21.7 Å². The molecule has 0 bridgehead atoms. The van der Waals surface area contributed by atoms with Gasteiger partial charge in [-0.05, 0) is 32.2 Å². The summed E-state index contributed by atoms with van der Waals surface area (Å²) in [5, 5.41) is 38.8. The summed E-state index contributed by atoms with van der Waals surface area (Å²) >= 11 is 1.87. The number of phosphoric ester groups is 1. The molecule has 2 aromatic rings. The van der Waals surface area contributed by atoms with E-state index in [0.717, 1.165) is 50.7 Å². The van der Waals surface area contributed by atoms with Crippen molar-refractivity contribution >= 4 is 64.2 Å². The maximum absolute atomic E-state index is 11.9. The van der Waals surface area contributed by atoms with Crippen molar-refractivity contribution < 1.29 is 76.1 Å². The number of rotatable bonds is 20. The fraction of sp³-hybridized carbons (Fsp3) is 0.731. The smallest absolute Gasteiger partial charge is 0.481 e. The summed E-state index contributed by atoms with van der Waals surface area (Å²) in [6, 6.07) is 0.440. The molecule has 5 rings (SSSR count). The van der Waals surface area contributed by atoms with E-state index < -0.39 is 60.6 Å². The summed E-state index contributed by atoms with van der Waals surface area (Å²) in [6.45, 7) is 0.310. The zero-order valence-electron chi connectivity index (χ0n) is 28.6. The first-order valence-corrected chi connectivity index (χ1v) is 22.3. The van der Waals surface area contributed by atoms with Gasteiger partial charge in [-0.2, -0.15) is 20.4 Å². The van der Waals surface area contributed by atoms with Gasteiger partial charge in [-0.3, -0.25) is 13.9 Å².